The molecule has 0 saturated heterocycles. The number of oxazole rings is 2. The zero-order valence-electron chi connectivity index (χ0n) is 10.2. The highest BCUT2D eigenvalue weighted by molar-refractivity contribution is 5.79. The maximum atomic E-state index is 5.63. The van der Waals surface area contributed by atoms with Crippen LogP contribution in [0, 0.1) is 0 Å². The smallest absolute Gasteiger partial charge is 0.292 e. The molecule has 0 atom stereocenters. The Bertz CT molecular complexity index is 697. The van der Waals surface area contributed by atoms with Crippen LogP contribution in [0.4, 0.5) is 6.01 Å². The van der Waals surface area contributed by atoms with Gasteiger partial charge < -0.3 is 14.6 Å². The number of hydrogen-bond acceptors (Lipinski definition) is 5. The lowest BCUT2D eigenvalue weighted by atomic mass is 10.0. The highest BCUT2D eigenvalue weighted by Gasteiger charge is 2.17. The second-order valence-electron chi connectivity index (χ2n) is 4.46. The molecule has 0 bridgehead atoms. The molecule has 0 unspecified atom stereocenters. The van der Waals surface area contributed by atoms with Crippen molar-refractivity contribution in [3.05, 3.63) is 30.3 Å². The van der Waals surface area contributed by atoms with E-state index in [1.165, 1.54) is 6.39 Å². The summed E-state index contributed by atoms with van der Waals surface area (Å²) in [7, 11) is 0. The lowest BCUT2D eigenvalue weighted by Crippen LogP contribution is -1.91. The normalized spacial score (nSPS) is 11.5. The van der Waals surface area contributed by atoms with Crippen molar-refractivity contribution in [1.29, 1.82) is 0 Å². The monoisotopic (exact) mass is 243 g/mol. The van der Waals surface area contributed by atoms with Gasteiger partial charge in [0.25, 0.3) is 6.01 Å². The van der Waals surface area contributed by atoms with Crippen molar-refractivity contribution in [2.24, 2.45) is 0 Å². The van der Waals surface area contributed by atoms with Crippen molar-refractivity contribution in [2.75, 3.05) is 5.73 Å². The molecule has 2 heterocycles. The van der Waals surface area contributed by atoms with Crippen molar-refractivity contribution in [1.82, 2.24) is 9.97 Å². The van der Waals surface area contributed by atoms with E-state index in [4.69, 9.17) is 14.6 Å². The molecule has 3 rings (SSSR count). The molecule has 0 fully saturated rings. The van der Waals surface area contributed by atoms with Crippen LogP contribution in [-0.4, -0.2) is 9.97 Å². The second-order valence-corrected chi connectivity index (χ2v) is 4.46. The van der Waals surface area contributed by atoms with E-state index in [1.54, 1.807) is 0 Å². The van der Waals surface area contributed by atoms with Crippen LogP contribution in [0.2, 0.25) is 0 Å². The van der Waals surface area contributed by atoms with Gasteiger partial charge in [0, 0.05) is 5.56 Å². The Kier molecular flexibility index (Phi) is 2.33. The second kappa shape index (κ2) is 3.87. The highest BCUT2D eigenvalue weighted by atomic mass is 16.4. The Morgan fingerprint density at radius 3 is 2.89 bits per heavy atom. The number of rotatable bonds is 2. The van der Waals surface area contributed by atoms with E-state index >= 15 is 0 Å². The third-order valence-corrected chi connectivity index (χ3v) is 2.81. The van der Waals surface area contributed by atoms with Crippen LogP contribution in [-0.2, 0) is 0 Å². The largest absolute Gasteiger partial charge is 0.443 e. The van der Waals surface area contributed by atoms with E-state index in [-0.39, 0.29) is 11.9 Å². The molecule has 92 valence electrons. The molecule has 1 aromatic carbocycles. The Labute approximate surface area is 104 Å². The van der Waals surface area contributed by atoms with Crippen molar-refractivity contribution >= 4 is 17.1 Å². The van der Waals surface area contributed by atoms with Crippen LogP contribution in [0.25, 0.3) is 22.4 Å². The van der Waals surface area contributed by atoms with E-state index in [1.807, 2.05) is 32.0 Å². The lowest BCUT2D eigenvalue weighted by molar-refractivity contribution is 0.590. The summed E-state index contributed by atoms with van der Waals surface area (Å²) in [5.74, 6) is 0.937. The van der Waals surface area contributed by atoms with Gasteiger partial charge in [-0.1, -0.05) is 13.8 Å². The van der Waals surface area contributed by atoms with E-state index in [0.29, 0.717) is 5.76 Å². The first kappa shape index (κ1) is 10.8. The minimum atomic E-state index is 0.186. The van der Waals surface area contributed by atoms with Gasteiger partial charge in [0.1, 0.15) is 5.52 Å². The summed E-state index contributed by atoms with van der Waals surface area (Å²) in [5, 5.41) is 0. The van der Waals surface area contributed by atoms with Crippen LogP contribution in [0.1, 0.15) is 25.5 Å². The maximum absolute atomic E-state index is 5.63. The first-order valence-electron chi connectivity index (χ1n) is 5.75. The summed E-state index contributed by atoms with van der Waals surface area (Å²) in [6.07, 6.45) is 1.42. The fourth-order valence-electron chi connectivity index (χ4n) is 1.94. The molecule has 2 aromatic heterocycles. The molecule has 5 heteroatoms. The minimum Gasteiger partial charge on any atom is -0.443 e. The van der Waals surface area contributed by atoms with Crippen LogP contribution in [0.3, 0.4) is 0 Å². The van der Waals surface area contributed by atoms with Gasteiger partial charge in [0.15, 0.2) is 17.7 Å². The Hall–Kier alpha value is -2.30. The average molecular weight is 243 g/mol. The molecule has 0 aliphatic heterocycles. The zero-order chi connectivity index (χ0) is 12.7. The lowest BCUT2D eigenvalue weighted by Gasteiger charge is -2.03. The molecule has 0 aliphatic rings. The fraction of sp³-hybridized carbons (Fsp3) is 0.231. The third kappa shape index (κ3) is 1.64. The van der Waals surface area contributed by atoms with E-state index in [9.17, 15) is 0 Å². The summed E-state index contributed by atoms with van der Waals surface area (Å²) in [5.41, 5.74) is 8.92. The number of fused-ring (bicyclic) bond motifs is 1. The molecule has 3 aromatic rings. The van der Waals surface area contributed by atoms with Crippen LogP contribution < -0.4 is 5.73 Å². The number of nitrogens with zero attached hydrogens (tertiary/aromatic N) is 2. The van der Waals surface area contributed by atoms with Gasteiger partial charge in [-0.2, -0.15) is 4.98 Å². The molecular formula is C13H13N3O2. The Balaban J connectivity index is 2.18. The average Bonchev–Trinajstić information content (AvgIpc) is 2.93. The number of nitrogens with two attached hydrogens (primary N) is 1. The van der Waals surface area contributed by atoms with Crippen molar-refractivity contribution < 1.29 is 8.83 Å². The van der Waals surface area contributed by atoms with E-state index < -0.39 is 0 Å². The van der Waals surface area contributed by atoms with Crippen molar-refractivity contribution in [3.8, 4) is 11.3 Å². The van der Waals surface area contributed by atoms with Crippen molar-refractivity contribution in [2.45, 2.75) is 19.8 Å². The first-order chi connectivity index (χ1) is 8.65. The first-order valence-corrected chi connectivity index (χ1v) is 5.75. The molecule has 18 heavy (non-hydrogen) atoms. The molecule has 0 aliphatic carbocycles. The third-order valence-electron chi connectivity index (χ3n) is 2.81. The zero-order valence-corrected chi connectivity index (χ0v) is 10.2. The quantitative estimate of drug-likeness (QED) is 0.747. The minimum absolute atomic E-state index is 0.186. The molecule has 5 nitrogen and oxygen atoms in total. The van der Waals surface area contributed by atoms with Crippen LogP contribution in [0.5, 0.6) is 0 Å². The van der Waals surface area contributed by atoms with E-state index in [2.05, 4.69) is 9.97 Å². The Morgan fingerprint density at radius 2 is 2.11 bits per heavy atom. The topological polar surface area (TPSA) is 78.1 Å². The summed E-state index contributed by atoms with van der Waals surface area (Å²) in [4.78, 5) is 8.30. The highest BCUT2D eigenvalue weighted by Crippen LogP contribution is 2.32. The Morgan fingerprint density at radius 1 is 1.28 bits per heavy atom. The molecular weight excluding hydrogens is 230 g/mol. The van der Waals surface area contributed by atoms with Crippen LogP contribution in [0.15, 0.2) is 33.4 Å². The van der Waals surface area contributed by atoms with E-state index in [0.717, 1.165) is 22.4 Å². The van der Waals surface area contributed by atoms with Gasteiger partial charge >= 0.3 is 0 Å². The van der Waals surface area contributed by atoms with Gasteiger partial charge in [-0.25, -0.2) is 4.98 Å². The van der Waals surface area contributed by atoms with Gasteiger partial charge in [0.2, 0.25) is 0 Å². The number of hydrogen-bond donors (Lipinski definition) is 1. The molecule has 0 radical (unpaired) electrons. The standard InChI is InChI=1S/C13H13N3O2/c1-7(2)11-12(18-13(14)16-11)8-3-4-9-10(5-8)17-6-15-9/h3-7H,1-2H3,(H2,14,16). The number of benzene rings is 1. The molecule has 0 spiro atoms. The summed E-state index contributed by atoms with van der Waals surface area (Å²) < 4.78 is 10.8. The fourth-order valence-corrected chi connectivity index (χ4v) is 1.94. The van der Waals surface area contributed by atoms with Crippen molar-refractivity contribution in [3.63, 3.8) is 0 Å². The number of aromatic nitrogens is 2. The van der Waals surface area contributed by atoms with Crippen LogP contribution >= 0.6 is 0 Å². The summed E-state index contributed by atoms with van der Waals surface area (Å²) in [6.45, 7) is 4.10. The SMILES string of the molecule is CC(C)c1nc(N)oc1-c1ccc2ncoc2c1. The molecule has 2 N–H and O–H groups in total. The number of anilines is 1. The predicted molar refractivity (Wildman–Crippen MR) is 68.0 cm³/mol. The van der Waals surface area contributed by atoms with Gasteiger partial charge in [-0.15, -0.1) is 0 Å². The maximum Gasteiger partial charge on any atom is 0.292 e. The van der Waals surface area contributed by atoms with Gasteiger partial charge in [-0.05, 0) is 24.1 Å². The molecule has 0 amide bonds. The van der Waals surface area contributed by atoms with Gasteiger partial charge in [0.05, 0.1) is 5.69 Å². The number of nitrogen functional groups attached to an aromatic ring is 1. The molecule has 0 saturated carbocycles. The van der Waals surface area contributed by atoms with Gasteiger partial charge in [-0.3, -0.25) is 0 Å². The summed E-state index contributed by atoms with van der Waals surface area (Å²) >= 11 is 0. The summed E-state index contributed by atoms with van der Waals surface area (Å²) in [6, 6.07) is 5.88. The predicted octanol–water partition coefficient (Wildman–Crippen LogP) is 3.19.